The Balaban J connectivity index is 1.36. The standard InChI is InChI=1S/C28H31FN4O2/c29-21-12-10-19(11-13-21)25-24-18-30-15-17-32(24)26(31-25)27(34)33-16-14-28(35,20-6-2-1-3-7-20)22-8-4-5-9-23(22)33/h1-3,6-7,10-13,22-23,30,35H,4-5,8-9,14-18H2/t22-,23?,28-/m0/s1. The molecule has 2 fully saturated rings. The molecule has 182 valence electrons. The number of aliphatic hydroxyl groups is 1. The topological polar surface area (TPSA) is 70.4 Å². The number of carbonyl (C=O) groups excluding carboxylic acids is 1. The molecule has 0 radical (unpaired) electrons. The third-order valence-electron chi connectivity index (χ3n) is 8.20. The number of hydrogen-bond donors (Lipinski definition) is 2. The number of nitrogens with zero attached hydrogens (tertiary/aromatic N) is 3. The number of hydrogen-bond acceptors (Lipinski definition) is 4. The summed E-state index contributed by atoms with van der Waals surface area (Å²) in [7, 11) is 0. The number of piperidine rings is 1. The predicted octanol–water partition coefficient (Wildman–Crippen LogP) is 4.08. The zero-order valence-corrected chi connectivity index (χ0v) is 19.8. The fourth-order valence-corrected chi connectivity index (χ4v) is 6.46. The Morgan fingerprint density at radius 1 is 1.06 bits per heavy atom. The van der Waals surface area contributed by atoms with Crippen LogP contribution in [0.2, 0.25) is 0 Å². The minimum atomic E-state index is -0.918. The van der Waals surface area contributed by atoms with Gasteiger partial charge in [0.25, 0.3) is 5.91 Å². The Morgan fingerprint density at radius 3 is 2.63 bits per heavy atom. The first kappa shape index (κ1) is 22.4. The SMILES string of the molecule is O=C(c1nc(-c2ccc(F)cc2)c2n1CCNC2)N1CC[C@](O)(c2ccccc2)[C@H]2CCCCC21. The molecule has 7 heteroatoms. The molecular weight excluding hydrogens is 443 g/mol. The number of benzene rings is 2. The highest BCUT2D eigenvalue weighted by atomic mass is 19.1. The normalized spacial score (nSPS) is 26.2. The maximum Gasteiger partial charge on any atom is 0.290 e. The maximum absolute atomic E-state index is 14.1. The molecule has 2 aromatic carbocycles. The number of rotatable bonds is 3. The minimum absolute atomic E-state index is 0.00498. The van der Waals surface area contributed by atoms with E-state index in [-0.39, 0.29) is 23.7 Å². The number of imidazole rings is 1. The van der Waals surface area contributed by atoms with Gasteiger partial charge in [-0.1, -0.05) is 43.2 Å². The van der Waals surface area contributed by atoms with Crippen LogP contribution in [0.4, 0.5) is 4.39 Å². The van der Waals surface area contributed by atoms with Gasteiger partial charge in [0.05, 0.1) is 17.0 Å². The van der Waals surface area contributed by atoms with Crippen LogP contribution in [-0.4, -0.2) is 44.6 Å². The van der Waals surface area contributed by atoms with Gasteiger partial charge in [0.15, 0.2) is 5.82 Å². The molecule has 3 heterocycles. The monoisotopic (exact) mass is 474 g/mol. The smallest absolute Gasteiger partial charge is 0.290 e. The second kappa shape index (κ2) is 8.88. The van der Waals surface area contributed by atoms with E-state index in [0.717, 1.165) is 54.7 Å². The number of fused-ring (bicyclic) bond motifs is 2. The number of likely N-dealkylation sites (tertiary alicyclic amines) is 1. The van der Waals surface area contributed by atoms with Crippen molar-refractivity contribution in [3.05, 3.63) is 77.5 Å². The Hall–Kier alpha value is -3.03. The zero-order chi connectivity index (χ0) is 24.0. The first-order valence-electron chi connectivity index (χ1n) is 12.7. The average molecular weight is 475 g/mol. The molecule has 1 saturated heterocycles. The van der Waals surface area contributed by atoms with Crippen molar-refractivity contribution in [1.82, 2.24) is 19.8 Å². The van der Waals surface area contributed by atoms with Crippen molar-refractivity contribution < 1.29 is 14.3 Å². The number of carbonyl (C=O) groups is 1. The molecule has 1 aliphatic carbocycles. The van der Waals surface area contributed by atoms with Crippen LogP contribution in [-0.2, 0) is 18.7 Å². The van der Waals surface area contributed by atoms with Crippen LogP contribution in [0.5, 0.6) is 0 Å². The molecule has 6 rings (SSSR count). The molecule has 6 nitrogen and oxygen atoms in total. The van der Waals surface area contributed by atoms with Gasteiger partial charge >= 0.3 is 0 Å². The van der Waals surface area contributed by atoms with E-state index in [0.29, 0.717) is 31.9 Å². The quantitative estimate of drug-likeness (QED) is 0.600. The second-order valence-corrected chi connectivity index (χ2v) is 10.1. The molecule has 3 atom stereocenters. The van der Waals surface area contributed by atoms with E-state index in [9.17, 15) is 14.3 Å². The predicted molar refractivity (Wildman–Crippen MR) is 131 cm³/mol. The first-order valence-corrected chi connectivity index (χ1v) is 12.7. The lowest BCUT2D eigenvalue weighted by molar-refractivity contribution is -0.110. The highest BCUT2D eigenvalue weighted by Gasteiger charge is 2.50. The van der Waals surface area contributed by atoms with Crippen LogP contribution in [0, 0.1) is 11.7 Å². The van der Waals surface area contributed by atoms with Gasteiger partial charge < -0.3 is 19.9 Å². The lowest BCUT2D eigenvalue weighted by Crippen LogP contribution is -2.59. The molecule has 3 aromatic rings. The molecule has 2 N–H and O–H groups in total. The van der Waals surface area contributed by atoms with E-state index >= 15 is 0 Å². The molecule has 35 heavy (non-hydrogen) atoms. The van der Waals surface area contributed by atoms with Crippen molar-refractivity contribution in [3.63, 3.8) is 0 Å². The van der Waals surface area contributed by atoms with Crippen molar-refractivity contribution in [2.45, 2.75) is 56.8 Å². The van der Waals surface area contributed by atoms with E-state index < -0.39 is 5.60 Å². The Morgan fingerprint density at radius 2 is 1.83 bits per heavy atom. The number of halogens is 1. The molecule has 1 aromatic heterocycles. The summed E-state index contributed by atoms with van der Waals surface area (Å²) < 4.78 is 15.6. The van der Waals surface area contributed by atoms with Crippen molar-refractivity contribution in [2.24, 2.45) is 5.92 Å². The second-order valence-electron chi connectivity index (χ2n) is 10.1. The summed E-state index contributed by atoms with van der Waals surface area (Å²) in [6, 6.07) is 16.2. The molecule has 1 unspecified atom stereocenters. The third kappa shape index (κ3) is 3.78. The maximum atomic E-state index is 14.1. The average Bonchev–Trinajstić information content (AvgIpc) is 3.29. The Kier molecular flexibility index (Phi) is 5.69. The summed E-state index contributed by atoms with van der Waals surface area (Å²) in [5.41, 5.74) is 2.54. The van der Waals surface area contributed by atoms with E-state index in [1.165, 1.54) is 12.1 Å². The van der Waals surface area contributed by atoms with Crippen molar-refractivity contribution in [3.8, 4) is 11.3 Å². The molecule has 1 saturated carbocycles. The minimum Gasteiger partial charge on any atom is -0.385 e. The summed E-state index contributed by atoms with van der Waals surface area (Å²) in [6.45, 7) is 2.55. The summed E-state index contributed by atoms with van der Waals surface area (Å²) >= 11 is 0. The van der Waals surface area contributed by atoms with E-state index in [2.05, 4.69) is 5.32 Å². The largest absolute Gasteiger partial charge is 0.385 e. The number of amides is 1. The number of aromatic nitrogens is 2. The Labute approximate surface area is 204 Å². The van der Waals surface area contributed by atoms with Gasteiger partial charge in [-0.05, 0) is 49.1 Å². The van der Waals surface area contributed by atoms with Gasteiger partial charge in [-0.25, -0.2) is 9.37 Å². The summed E-state index contributed by atoms with van der Waals surface area (Å²) in [5.74, 6) is 0.105. The Bertz CT molecular complexity index is 1230. The molecular formula is C28H31FN4O2. The fraction of sp³-hybridized carbons (Fsp3) is 0.429. The lowest BCUT2D eigenvalue weighted by atomic mass is 9.66. The van der Waals surface area contributed by atoms with Crippen LogP contribution in [0.25, 0.3) is 11.3 Å². The number of nitrogens with one attached hydrogen (secondary N) is 1. The van der Waals surface area contributed by atoms with Crippen LogP contribution >= 0.6 is 0 Å². The van der Waals surface area contributed by atoms with E-state index in [4.69, 9.17) is 4.98 Å². The van der Waals surface area contributed by atoms with Crippen LogP contribution in [0.1, 0.15) is 54.0 Å². The molecule has 2 aliphatic heterocycles. The first-order chi connectivity index (χ1) is 17.1. The summed E-state index contributed by atoms with van der Waals surface area (Å²) in [4.78, 5) is 20.9. The summed E-state index contributed by atoms with van der Waals surface area (Å²) in [5, 5.41) is 15.3. The zero-order valence-electron chi connectivity index (χ0n) is 19.8. The van der Waals surface area contributed by atoms with Gasteiger partial charge in [-0.2, -0.15) is 0 Å². The fourth-order valence-electron chi connectivity index (χ4n) is 6.46. The lowest BCUT2D eigenvalue weighted by Gasteiger charge is -2.52. The highest BCUT2D eigenvalue weighted by molar-refractivity contribution is 5.92. The highest BCUT2D eigenvalue weighted by Crippen LogP contribution is 2.47. The molecule has 1 amide bonds. The van der Waals surface area contributed by atoms with Gasteiger partial charge in [0.1, 0.15) is 5.82 Å². The van der Waals surface area contributed by atoms with E-state index in [1.807, 2.05) is 39.8 Å². The van der Waals surface area contributed by atoms with Crippen LogP contribution in [0.15, 0.2) is 54.6 Å². The van der Waals surface area contributed by atoms with Gasteiger partial charge in [0.2, 0.25) is 0 Å². The van der Waals surface area contributed by atoms with Gasteiger partial charge in [-0.3, -0.25) is 4.79 Å². The van der Waals surface area contributed by atoms with Gasteiger partial charge in [-0.15, -0.1) is 0 Å². The van der Waals surface area contributed by atoms with Crippen LogP contribution < -0.4 is 5.32 Å². The van der Waals surface area contributed by atoms with Crippen molar-refractivity contribution >= 4 is 5.91 Å². The van der Waals surface area contributed by atoms with Crippen LogP contribution in [0.3, 0.4) is 0 Å². The van der Waals surface area contributed by atoms with Crippen molar-refractivity contribution in [1.29, 1.82) is 0 Å². The molecule has 3 aliphatic rings. The van der Waals surface area contributed by atoms with E-state index in [1.54, 1.807) is 12.1 Å². The van der Waals surface area contributed by atoms with Gasteiger partial charge in [0, 0.05) is 43.7 Å². The third-order valence-corrected chi connectivity index (χ3v) is 8.20. The molecule has 0 spiro atoms. The molecule has 0 bridgehead atoms. The van der Waals surface area contributed by atoms with Crippen molar-refractivity contribution in [2.75, 3.05) is 13.1 Å². The summed E-state index contributed by atoms with van der Waals surface area (Å²) in [6.07, 6.45) is 4.44.